The quantitative estimate of drug-likeness (QED) is 0.265. The number of β-amino-alcohol motifs (C(OH)–C–C–N with tert-alkyl or cyclic N) is 1. The standard InChI is InChI=1S/C34H45N7O5.H2S/c1-23(2)34(44)41-12-10-40(11-13-41)32-16-26(15-31(38-32)37-27-4-3-5-27)33(43)36-17-28(42)20-39-9-8-24-14-29(7-6-25(24)19-39)45-21-30-18-35-22-46-30;/h6-7,14-16,18,22-23,27-28,42H,3-5,8-13,17,19-21H2,1-2H3,(H,36,43)(H,37,38);1H2/t28-;/m0./s1. The minimum atomic E-state index is -0.713. The van der Waals surface area contributed by atoms with Crippen molar-refractivity contribution in [1.29, 1.82) is 0 Å². The molecule has 3 N–H and O–H groups in total. The van der Waals surface area contributed by atoms with Gasteiger partial charge in [0, 0.05) is 69.9 Å². The summed E-state index contributed by atoms with van der Waals surface area (Å²) in [4.78, 5) is 40.8. The third kappa shape index (κ3) is 8.96. The van der Waals surface area contributed by atoms with E-state index >= 15 is 0 Å². The third-order valence-electron chi connectivity index (χ3n) is 9.04. The van der Waals surface area contributed by atoms with Crippen LogP contribution in [0.5, 0.6) is 5.75 Å². The Morgan fingerprint density at radius 3 is 2.60 bits per heavy atom. The van der Waals surface area contributed by atoms with E-state index in [9.17, 15) is 14.7 Å². The molecule has 1 saturated carbocycles. The van der Waals surface area contributed by atoms with Gasteiger partial charge in [-0.1, -0.05) is 19.9 Å². The minimum absolute atomic E-state index is 0. The summed E-state index contributed by atoms with van der Waals surface area (Å²) >= 11 is 0. The van der Waals surface area contributed by atoms with E-state index in [0.29, 0.717) is 62.5 Å². The number of oxazole rings is 1. The normalized spacial score (nSPS) is 17.4. The number of benzene rings is 1. The van der Waals surface area contributed by atoms with Crippen LogP contribution in [0.15, 0.2) is 47.3 Å². The van der Waals surface area contributed by atoms with Gasteiger partial charge in [0.05, 0.1) is 12.3 Å². The van der Waals surface area contributed by atoms with Crippen LogP contribution in [0.1, 0.15) is 60.4 Å². The number of piperazine rings is 1. The number of nitrogens with one attached hydrogen (secondary N) is 2. The van der Waals surface area contributed by atoms with Crippen LogP contribution in [-0.2, 0) is 24.4 Å². The second-order valence-corrected chi connectivity index (χ2v) is 12.9. The highest BCUT2D eigenvalue weighted by Gasteiger charge is 2.26. The molecule has 0 spiro atoms. The lowest BCUT2D eigenvalue weighted by molar-refractivity contribution is -0.134. The number of rotatable bonds is 12. The minimum Gasteiger partial charge on any atom is -0.486 e. The van der Waals surface area contributed by atoms with E-state index in [1.807, 2.05) is 30.9 Å². The Morgan fingerprint density at radius 2 is 1.89 bits per heavy atom. The predicted octanol–water partition coefficient (Wildman–Crippen LogP) is 3.18. The van der Waals surface area contributed by atoms with Crippen LogP contribution >= 0.6 is 13.5 Å². The van der Waals surface area contributed by atoms with Crippen LogP contribution in [0.3, 0.4) is 0 Å². The number of anilines is 2. The number of pyridine rings is 1. The van der Waals surface area contributed by atoms with Crippen molar-refractivity contribution in [3.8, 4) is 5.75 Å². The number of ether oxygens (including phenoxy) is 1. The van der Waals surface area contributed by atoms with Crippen molar-refractivity contribution < 1.29 is 23.8 Å². The van der Waals surface area contributed by atoms with Gasteiger partial charge in [-0.05, 0) is 61.1 Å². The molecule has 3 aromatic rings. The SMILES string of the molecule is CC(C)C(=O)N1CCN(c2cc(C(=O)NC[C@H](O)CN3CCc4cc(OCc5cnco5)ccc4C3)cc(NC3CCC3)n2)CC1.S. The van der Waals surface area contributed by atoms with E-state index < -0.39 is 6.10 Å². The largest absolute Gasteiger partial charge is 0.486 e. The number of carbonyl (C=O) groups is 2. The van der Waals surface area contributed by atoms with Crippen LogP contribution in [0.25, 0.3) is 0 Å². The molecule has 4 heterocycles. The van der Waals surface area contributed by atoms with Gasteiger partial charge in [0.15, 0.2) is 12.2 Å². The van der Waals surface area contributed by atoms with E-state index in [2.05, 4.69) is 37.6 Å². The number of hydrogen-bond acceptors (Lipinski definition) is 10. The number of aliphatic hydroxyl groups excluding tert-OH is 1. The predicted molar refractivity (Wildman–Crippen MR) is 184 cm³/mol. The smallest absolute Gasteiger partial charge is 0.251 e. The summed E-state index contributed by atoms with van der Waals surface area (Å²) in [6.07, 6.45) is 6.55. The molecular weight excluding hydrogens is 618 g/mol. The Morgan fingerprint density at radius 1 is 1.09 bits per heavy atom. The average molecular weight is 666 g/mol. The molecule has 1 atom stereocenters. The number of aliphatic hydroxyl groups is 1. The summed E-state index contributed by atoms with van der Waals surface area (Å²) in [5.41, 5.74) is 2.95. The second-order valence-electron chi connectivity index (χ2n) is 12.9. The van der Waals surface area contributed by atoms with Gasteiger partial charge in [-0.2, -0.15) is 13.5 Å². The van der Waals surface area contributed by atoms with E-state index in [-0.39, 0.29) is 37.8 Å². The fraction of sp³-hybridized carbons (Fsp3) is 0.529. The highest BCUT2D eigenvalue weighted by molar-refractivity contribution is 7.59. The van der Waals surface area contributed by atoms with E-state index in [4.69, 9.17) is 14.1 Å². The molecule has 13 heteroatoms. The van der Waals surface area contributed by atoms with Crippen molar-refractivity contribution in [2.75, 3.05) is 56.0 Å². The van der Waals surface area contributed by atoms with Crippen LogP contribution in [0.4, 0.5) is 11.6 Å². The van der Waals surface area contributed by atoms with Crippen molar-refractivity contribution in [2.24, 2.45) is 5.92 Å². The lowest BCUT2D eigenvalue weighted by atomic mass is 9.93. The molecule has 1 saturated heterocycles. The maximum atomic E-state index is 13.4. The molecule has 6 rings (SSSR count). The second kappa shape index (κ2) is 15.9. The number of carbonyl (C=O) groups excluding carboxylic acids is 2. The van der Waals surface area contributed by atoms with Gasteiger partial charge in [0.1, 0.15) is 24.0 Å². The number of amides is 2. The topological polar surface area (TPSA) is 136 Å². The molecule has 0 unspecified atom stereocenters. The number of aromatic nitrogens is 2. The van der Waals surface area contributed by atoms with Gasteiger partial charge in [-0.15, -0.1) is 0 Å². The molecule has 1 aromatic carbocycles. The number of nitrogens with zero attached hydrogens (tertiary/aromatic N) is 5. The Balaban J connectivity index is 0.00000433. The molecule has 2 fully saturated rings. The van der Waals surface area contributed by atoms with Crippen LogP contribution in [-0.4, -0.2) is 94.6 Å². The van der Waals surface area contributed by atoms with Crippen molar-refractivity contribution in [3.63, 3.8) is 0 Å². The molecule has 3 aliphatic rings. The molecule has 2 amide bonds. The van der Waals surface area contributed by atoms with E-state index in [1.165, 1.54) is 23.9 Å². The number of fused-ring (bicyclic) bond motifs is 1. The van der Waals surface area contributed by atoms with Gasteiger partial charge in [-0.3, -0.25) is 14.5 Å². The summed E-state index contributed by atoms with van der Waals surface area (Å²) in [5.74, 6) is 2.78. The lowest BCUT2D eigenvalue weighted by Gasteiger charge is -2.36. The van der Waals surface area contributed by atoms with Gasteiger partial charge in [-0.25, -0.2) is 9.97 Å². The van der Waals surface area contributed by atoms with Crippen molar-refractivity contribution >= 4 is 36.9 Å². The zero-order valence-corrected chi connectivity index (χ0v) is 28.3. The molecule has 0 bridgehead atoms. The van der Waals surface area contributed by atoms with E-state index in [0.717, 1.165) is 43.9 Å². The molecule has 47 heavy (non-hydrogen) atoms. The Labute approximate surface area is 283 Å². The maximum absolute atomic E-state index is 13.4. The van der Waals surface area contributed by atoms with E-state index in [1.54, 1.807) is 12.3 Å². The van der Waals surface area contributed by atoms with Crippen molar-refractivity contribution in [3.05, 3.63) is 65.4 Å². The Hall–Kier alpha value is -3.81. The Bertz CT molecular complexity index is 1490. The van der Waals surface area contributed by atoms with Crippen molar-refractivity contribution in [2.45, 2.75) is 64.8 Å². The molecule has 254 valence electrons. The first kappa shape index (κ1) is 34.5. The zero-order valence-electron chi connectivity index (χ0n) is 27.3. The zero-order chi connectivity index (χ0) is 32.0. The molecule has 2 aromatic heterocycles. The first-order valence-electron chi connectivity index (χ1n) is 16.4. The lowest BCUT2D eigenvalue weighted by Crippen LogP contribution is -2.50. The van der Waals surface area contributed by atoms with Crippen molar-refractivity contribution in [1.82, 2.24) is 25.1 Å². The van der Waals surface area contributed by atoms with Gasteiger partial charge >= 0.3 is 0 Å². The molecule has 12 nitrogen and oxygen atoms in total. The van der Waals surface area contributed by atoms with Crippen LogP contribution < -0.4 is 20.3 Å². The van der Waals surface area contributed by atoms with Gasteiger partial charge in [0.2, 0.25) is 5.91 Å². The average Bonchev–Trinajstić information content (AvgIpc) is 3.58. The summed E-state index contributed by atoms with van der Waals surface area (Å²) < 4.78 is 11.1. The van der Waals surface area contributed by atoms with Gasteiger partial charge in [0.25, 0.3) is 5.91 Å². The third-order valence-corrected chi connectivity index (χ3v) is 9.04. The fourth-order valence-corrected chi connectivity index (χ4v) is 6.14. The summed E-state index contributed by atoms with van der Waals surface area (Å²) in [5, 5.41) is 17.3. The van der Waals surface area contributed by atoms with Gasteiger partial charge < -0.3 is 34.7 Å². The molecule has 1 aliphatic carbocycles. The molecular formula is C34H47N7O5S. The first-order chi connectivity index (χ1) is 22.3. The van der Waals surface area contributed by atoms with Crippen LogP contribution in [0, 0.1) is 5.92 Å². The fourth-order valence-electron chi connectivity index (χ4n) is 6.14. The highest BCUT2D eigenvalue weighted by Crippen LogP contribution is 2.27. The summed E-state index contributed by atoms with van der Waals surface area (Å²) in [7, 11) is 0. The Kier molecular flexibility index (Phi) is 11.6. The molecule has 0 radical (unpaired) electrons. The van der Waals surface area contributed by atoms with Crippen LogP contribution in [0.2, 0.25) is 0 Å². The highest BCUT2D eigenvalue weighted by atomic mass is 32.1. The monoisotopic (exact) mass is 665 g/mol. The maximum Gasteiger partial charge on any atom is 0.251 e. The summed E-state index contributed by atoms with van der Waals surface area (Å²) in [6, 6.07) is 10.1. The first-order valence-corrected chi connectivity index (χ1v) is 16.4. The summed E-state index contributed by atoms with van der Waals surface area (Å²) in [6.45, 7) is 8.91. The molecule has 2 aliphatic heterocycles. The number of hydrogen-bond donors (Lipinski definition) is 3.